The van der Waals surface area contributed by atoms with E-state index in [9.17, 15) is 0 Å². The number of hydrogen-bond donors (Lipinski definition) is 0. The number of hydrogen-bond acceptors (Lipinski definition) is 3. The van der Waals surface area contributed by atoms with Crippen LogP contribution < -0.4 is 34.7 Å². The minimum Gasteiger partial charge on any atom is -1.00 e. The minimum absolute atomic E-state index is 0. The molecule has 31 heavy (non-hydrogen) atoms. The molecule has 157 valence electrons. The van der Waals surface area contributed by atoms with Crippen molar-refractivity contribution in [2.75, 3.05) is 0 Å². The number of fused-ring (bicyclic) bond motifs is 4. The van der Waals surface area contributed by atoms with Crippen LogP contribution in [-0.2, 0) is 17.1 Å². The van der Waals surface area contributed by atoms with Crippen molar-refractivity contribution < 1.29 is 41.9 Å². The van der Waals surface area contributed by atoms with Gasteiger partial charge in [0.2, 0.25) is 16.7 Å². The predicted octanol–water partition coefficient (Wildman–Crippen LogP) is 0.307. The molecule has 0 spiro atoms. The Hall–Kier alpha value is -1.85. The average Bonchev–Trinajstić information content (AvgIpc) is 2.75. The fourth-order valence-electron chi connectivity index (χ4n) is 3.68. The molecule has 0 amide bonds. The fraction of sp³-hybridized carbons (Fsp3) is 0. The maximum Gasteiger partial charge on any atom is 2.00 e. The van der Waals surface area contributed by atoms with E-state index in [-0.39, 0.29) is 41.9 Å². The second-order valence-corrected chi connectivity index (χ2v) is 8.87. The number of nitrogens with zero attached hydrogens (tertiary/aromatic N) is 2. The van der Waals surface area contributed by atoms with Crippen molar-refractivity contribution in [3.63, 3.8) is 0 Å². The zero-order valence-corrected chi connectivity index (χ0v) is 20.0. The van der Waals surface area contributed by atoms with Crippen LogP contribution in [0.25, 0.3) is 20.8 Å². The second kappa shape index (κ2) is 9.74. The Balaban J connectivity index is 0.000000907. The van der Waals surface area contributed by atoms with Crippen LogP contribution >= 0.6 is 23.1 Å². The summed E-state index contributed by atoms with van der Waals surface area (Å²) in [6.07, 6.45) is 0. The van der Waals surface area contributed by atoms with Crippen molar-refractivity contribution in [3.8, 4) is 10.6 Å². The third-order valence-corrected chi connectivity index (χ3v) is 7.20. The molecule has 2 aliphatic heterocycles. The monoisotopic (exact) mass is 528 g/mol. The fourth-order valence-corrected chi connectivity index (χ4v) is 5.74. The number of aromatic nitrogens is 1. The van der Waals surface area contributed by atoms with Gasteiger partial charge in [-0.25, -0.2) is 4.98 Å². The first-order chi connectivity index (χ1) is 13.9. The van der Waals surface area contributed by atoms with E-state index in [0.717, 1.165) is 11.2 Å². The molecule has 0 aromatic heterocycles. The van der Waals surface area contributed by atoms with Crippen molar-refractivity contribution in [1.82, 2.24) is 9.56 Å². The zero-order valence-electron chi connectivity index (χ0n) is 15.9. The van der Waals surface area contributed by atoms with Gasteiger partial charge in [-0.1, -0.05) is 48.2 Å². The zero-order chi connectivity index (χ0) is 18.5. The van der Waals surface area contributed by atoms with Gasteiger partial charge in [0.1, 0.15) is 0 Å². The molecule has 7 heteroatoms. The van der Waals surface area contributed by atoms with Gasteiger partial charge in [0.15, 0.2) is 0 Å². The maximum atomic E-state index is 4.84. The predicted molar refractivity (Wildman–Crippen MR) is 118 cm³/mol. The van der Waals surface area contributed by atoms with Crippen LogP contribution in [0.4, 0.5) is 11.4 Å². The standard InChI is InChI=1S/C24H15N2S2.2ClH.Cu/c1-4-10-21-17(7-1)25-18-14-13-16(15-24(18)27-21)26-19-8-2-5-11-22(19)28-23-12-6-3-9-20(23)26;;;/h1-15H;2*1H;/q+1;;;+2/p-2. The molecule has 0 N–H and O–H groups in total. The van der Waals surface area contributed by atoms with E-state index in [1.807, 2.05) is 17.8 Å². The summed E-state index contributed by atoms with van der Waals surface area (Å²) in [5, 5.41) is 1.17. The molecule has 3 aliphatic rings. The largest absolute Gasteiger partial charge is 2.00 e. The van der Waals surface area contributed by atoms with E-state index >= 15 is 0 Å². The summed E-state index contributed by atoms with van der Waals surface area (Å²) in [6, 6.07) is 32.1. The molecule has 1 aliphatic carbocycles. The molecule has 0 saturated carbocycles. The van der Waals surface area contributed by atoms with E-state index < -0.39 is 0 Å². The van der Waals surface area contributed by atoms with Crippen LogP contribution in [0.1, 0.15) is 0 Å². The molecule has 0 bridgehead atoms. The van der Waals surface area contributed by atoms with Gasteiger partial charge in [-0.05, 0) is 30.3 Å². The van der Waals surface area contributed by atoms with Gasteiger partial charge < -0.3 is 24.8 Å². The van der Waals surface area contributed by atoms with E-state index in [1.165, 1.54) is 36.1 Å². The Bertz CT molecular complexity index is 1370. The van der Waals surface area contributed by atoms with Crippen molar-refractivity contribution in [2.24, 2.45) is 0 Å². The Morgan fingerprint density at radius 2 is 1.29 bits per heavy atom. The molecular weight excluding hydrogens is 515 g/mol. The third-order valence-electron chi connectivity index (χ3n) is 4.96. The first-order valence-electron chi connectivity index (χ1n) is 9.15. The Labute approximate surface area is 211 Å². The van der Waals surface area contributed by atoms with Gasteiger partial charge in [0.05, 0.1) is 30.6 Å². The van der Waals surface area contributed by atoms with Crippen molar-refractivity contribution >= 4 is 44.7 Å². The Kier molecular flexibility index (Phi) is 7.48. The van der Waals surface area contributed by atoms with E-state index in [2.05, 4.69) is 89.5 Å². The normalized spacial score (nSPS) is 11.5. The van der Waals surface area contributed by atoms with Crippen molar-refractivity contribution in [1.29, 1.82) is 0 Å². The molecule has 1 radical (unpaired) electrons. The van der Waals surface area contributed by atoms with E-state index in [0.29, 0.717) is 0 Å². The van der Waals surface area contributed by atoms with Gasteiger partial charge in [-0.2, -0.15) is 4.58 Å². The number of halogens is 2. The maximum absolute atomic E-state index is 4.84. The third kappa shape index (κ3) is 4.14. The first-order valence-corrected chi connectivity index (χ1v) is 10.8. The molecule has 6 rings (SSSR count). The molecule has 3 aromatic rings. The molecule has 0 unspecified atom stereocenters. The molecule has 3 aromatic carbocycles. The second-order valence-electron chi connectivity index (χ2n) is 6.71. The number of benzene rings is 4. The molecule has 0 fully saturated rings. The minimum atomic E-state index is 0. The number of para-hydroxylation sites is 3. The van der Waals surface area contributed by atoms with Gasteiger partial charge in [0.25, 0.3) is 0 Å². The number of rotatable bonds is 0. The summed E-state index contributed by atoms with van der Waals surface area (Å²) in [7, 11) is 0. The van der Waals surface area contributed by atoms with Crippen molar-refractivity contribution in [2.45, 2.75) is 9.79 Å². The molecule has 2 heterocycles. The Morgan fingerprint density at radius 3 is 2.00 bits per heavy atom. The topological polar surface area (TPSA) is 15.9 Å². The summed E-state index contributed by atoms with van der Waals surface area (Å²) < 4.78 is 3.57. The van der Waals surface area contributed by atoms with Crippen LogP contribution in [-0.4, -0.2) is 4.98 Å². The van der Waals surface area contributed by atoms with Crippen LogP contribution in [0, 0.1) is 0 Å². The molecular formula is C24H15Cl2CuN2S2+. The summed E-state index contributed by atoms with van der Waals surface area (Å²) in [5.74, 6) is 0. The SMILES string of the molecule is [Cl-].[Cl-].[Cu+2].c1ccc2c(c1)Sc1ccccc1[N+]2=c1ccc2nc3ccccc3sc-2c1. The van der Waals surface area contributed by atoms with E-state index in [4.69, 9.17) is 4.98 Å². The molecule has 2 nitrogen and oxygen atoms in total. The van der Waals surface area contributed by atoms with Crippen LogP contribution in [0.3, 0.4) is 0 Å². The van der Waals surface area contributed by atoms with Crippen LogP contribution in [0.2, 0.25) is 0 Å². The van der Waals surface area contributed by atoms with Gasteiger partial charge in [-0.3, -0.25) is 0 Å². The summed E-state index contributed by atoms with van der Waals surface area (Å²) in [5.41, 5.74) is 4.55. The quantitative estimate of drug-likeness (QED) is 0.160. The first kappa shape index (κ1) is 23.8. The van der Waals surface area contributed by atoms with Crippen LogP contribution in [0.5, 0.6) is 0 Å². The molecule has 0 atom stereocenters. The van der Waals surface area contributed by atoms with Gasteiger partial charge >= 0.3 is 17.1 Å². The van der Waals surface area contributed by atoms with Gasteiger partial charge in [0, 0.05) is 24.3 Å². The summed E-state index contributed by atoms with van der Waals surface area (Å²) >= 11 is 3.63. The molecule has 0 saturated heterocycles. The summed E-state index contributed by atoms with van der Waals surface area (Å²) in [4.78, 5) is 8.60. The van der Waals surface area contributed by atoms with E-state index in [1.54, 1.807) is 11.3 Å². The van der Waals surface area contributed by atoms with Crippen molar-refractivity contribution in [3.05, 3.63) is 96.4 Å². The smallest absolute Gasteiger partial charge is 1.00 e. The van der Waals surface area contributed by atoms with Crippen LogP contribution in [0.15, 0.2) is 101 Å². The average molecular weight is 530 g/mol. The summed E-state index contributed by atoms with van der Waals surface area (Å²) in [6.45, 7) is 0. The Morgan fingerprint density at radius 1 is 0.677 bits per heavy atom. The van der Waals surface area contributed by atoms with Gasteiger partial charge in [-0.15, -0.1) is 11.3 Å².